The Labute approximate surface area is 261 Å². The van der Waals surface area contributed by atoms with Crippen molar-refractivity contribution in [1.82, 2.24) is 15.0 Å². The van der Waals surface area contributed by atoms with Gasteiger partial charge in [0, 0.05) is 33.5 Å². The van der Waals surface area contributed by atoms with Crippen LogP contribution >= 0.6 is 0 Å². The van der Waals surface area contributed by atoms with Crippen LogP contribution in [0.25, 0.3) is 34.2 Å². The van der Waals surface area contributed by atoms with Gasteiger partial charge in [-0.1, -0.05) is 127 Å². The number of hydrogen-bond acceptors (Lipinski definition) is 5. The van der Waals surface area contributed by atoms with E-state index in [2.05, 4.69) is 41.3 Å². The number of anilines is 3. The van der Waals surface area contributed by atoms with Crippen LogP contribution < -0.4 is 4.90 Å². The van der Waals surface area contributed by atoms with Crippen molar-refractivity contribution in [3.63, 3.8) is 0 Å². The minimum atomic E-state index is -1.29. The fourth-order valence-electron chi connectivity index (χ4n) is 6.19. The Bertz CT molecular complexity index is 2010. The highest BCUT2D eigenvalue weighted by Crippen LogP contribution is 2.53. The molecular formula is C40H28N4O. The van der Waals surface area contributed by atoms with E-state index in [-0.39, 0.29) is 0 Å². The van der Waals surface area contributed by atoms with Crippen LogP contribution in [0.4, 0.5) is 17.1 Å². The zero-order valence-electron chi connectivity index (χ0n) is 24.3. The quantitative estimate of drug-likeness (QED) is 0.220. The molecule has 0 saturated heterocycles. The van der Waals surface area contributed by atoms with Crippen LogP contribution in [-0.2, 0) is 5.60 Å². The maximum atomic E-state index is 12.5. The molecule has 5 heteroatoms. The lowest BCUT2D eigenvalue weighted by Crippen LogP contribution is -2.36. The van der Waals surface area contributed by atoms with Gasteiger partial charge in [0.2, 0.25) is 0 Å². The summed E-state index contributed by atoms with van der Waals surface area (Å²) in [5, 5.41) is 12.5. The summed E-state index contributed by atoms with van der Waals surface area (Å²) in [6.07, 6.45) is 0. The first-order chi connectivity index (χ1) is 22.2. The summed E-state index contributed by atoms with van der Waals surface area (Å²) in [5.41, 5.74) is 6.76. The monoisotopic (exact) mass is 580 g/mol. The first-order valence-corrected chi connectivity index (χ1v) is 14.9. The van der Waals surface area contributed by atoms with Crippen LogP contribution in [0.5, 0.6) is 0 Å². The van der Waals surface area contributed by atoms with Gasteiger partial charge in [-0.05, 0) is 42.0 Å². The molecule has 0 amide bonds. The molecule has 0 bridgehead atoms. The molecule has 1 aromatic heterocycles. The average molecular weight is 581 g/mol. The molecule has 2 heterocycles. The number of aliphatic hydroxyl groups is 1. The summed E-state index contributed by atoms with van der Waals surface area (Å²) in [6, 6.07) is 54.3. The Hall–Kier alpha value is -5.91. The number of fused-ring (bicyclic) bond motifs is 2. The summed E-state index contributed by atoms with van der Waals surface area (Å²) in [7, 11) is 0. The van der Waals surface area contributed by atoms with Gasteiger partial charge < -0.3 is 10.0 Å². The zero-order valence-corrected chi connectivity index (χ0v) is 24.3. The molecule has 8 rings (SSSR count). The van der Waals surface area contributed by atoms with E-state index in [0.29, 0.717) is 17.5 Å². The van der Waals surface area contributed by atoms with Crippen molar-refractivity contribution in [2.45, 2.75) is 5.60 Å². The second-order valence-corrected chi connectivity index (χ2v) is 11.0. The molecule has 0 aliphatic carbocycles. The molecule has 0 radical (unpaired) electrons. The fraction of sp³-hybridized carbons (Fsp3) is 0.0250. The molecule has 0 saturated carbocycles. The van der Waals surface area contributed by atoms with E-state index in [0.717, 1.165) is 50.4 Å². The van der Waals surface area contributed by atoms with Gasteiger partial charge in [-0.25, -0.2) is 15.0 Å². The molecule has 0 spiro atoms. The minimum Gasteiger partial charge on any atom is -0.376 e. The van der Waals surface area contributed by atoms with Gasteiger partial charge in [-0.3, -0.25) is 0 Å². The van der Waals surface area contributed by atoms with E-state index in [9.17, 15) is 5.11 Å². The molecule has 1 aliphatic rings. The molecule has 1 aliphatic heterocycles. The highest BCUT2D eigenvalue weighted by Gasteiger charge is 2.43. The fourth-order valence-corrected chi connectivity index (χ4v) is 6.19. The van der Waals surface area contributed by atoms with E-state index in [1.165, 1.54) is 0 Å². The van der Waals surface area contributed by atoms with E-state index >= 15 is 0 Å². The predicted molar refractivity (Wildman–Crippen MR) is 179 cm³/mol. The molecule has 7 aromatic rings. The summed E-state index contributed by atoms with van der Waals surface area (Å²) in [5.74, 6) is 1.86. The second kappa shape index (κ2) is 11.0. The Morgan fingerprint density at radius 1 is 0.400 bits per heavy atom. The third-order valence-corrected chi connectivity index (χ3v) is 8.34. The summed E-state index contributed by atoms with van der Waals surface area (Å²) in [4.78, 5) is 16.8. The predicted octanol–water partition coefficient (Wildman–Crippen LogP) is 8.94. The lowest BCUT2D eigenvalue weighted by molar-refractivity contribution is 0.125. The highest BCUT2D eigenvalue weighted by atomic mass is 16.3. The third kappa shape index (κ3) is 4.58. The molecule has 0 fully saturated rings. The Morgan fingerprint density at radius 2 is 0.778 bits per heavy atom. The zero-order chi connectivity index (χ0) is 30.2. The third-order valence-electron chi connectivity index (χ3n) is 8.34. The Balaban J connectivity index is 1.24. The number of para-hydroxylation sites is 2. The second-order valence-electron chi connectivity index (χ2n) is 11.0. The van der Waals surface area contributed by atoms with E-state index in [4.69, 9.17) is 15.0 Å². The lowest BCUT2D eigenvalue weighted by atomic mass is 9.76. The maximum absolute atomic E-state index is 12.5. The topological polar surface area (TPSA) is 62.1 Å². The normalized spacial score (nSPS) is 13.1. The Morgan fingerprint density at radius 3 is 1.24 bits per heavy atom. The van der Waals surface area contributed by atoms with Crippen LogP contribution in [0, 0.1) is 0 Å². The van der Waals surface area contributed by atoms with Crippen molar-refractivity contribution in [2.24, 2.45) is 0 Å². The SMILES string of the molecule is OC1(c2ccccc2)c2ccccc2N(c2ccc(-c3nc(-c4ccccc4)nc(-c4ccccc4)n3)cc2)c2ccccc21. The van der Waals surface area contributed by atoms with Crippen molar-refractivity contribution in [1.29, 1.82) is 0 Å². The van der Waals surface area contributed by atoms with Gasteiger partial charge in [0.1, 0.15) is 5.60 Å². The smallest absolute Gasteiger partial charge is 0.164 e. The summed E-state index contributed by atoms with van der Waals surface area (Å²) >= 11 is 0. The van der Waals surface area contributed by atoms with Crippen molar-refractivity contribution >= 4 is 17.1 Å². The van der Waals surface area contributed by atoms with Gasteiger partial charge >= 0.3 is 0 Å². The molecule has 1 N–H and O–H groups in total. The lowest BCUT2D eigenvalue weighted by Gasteiger charge is -2.42. The van der Waals surface area contributed by atoms with Crippen LogP contribution in [0.3, 0.4) is 0 Å². The van der Waals surface area contributed by atoms with Crippen molar-refractivity contribution in [3.8, 4) is 34.2 Å². The highest BCUT2D eigenvalue weighted by molar-refractivity contribution is 5.87. The maximum Gasteiger partial charge on any atom is 0.164 e. The average Bonchev–Trinajstić information content (AvgIpc) is 3.13. The van der Waals surface area contributed by atoms with Gasteiger partial charge in [-0.2, -0.15) is 0 Å². The van der Waals surface area contributed by atoms with Crippen molar-refractivity contribution < 1.29 is 5.11 Å². The largest absolute Gasteiger partial charge is 0.376 e. The molecule has 0 atom stereocenters. The molecule has 5 nitrogen and oxygen atoms in total. The molecule has 0 unspecified atom stereocenters. The summed E-state index contributed by atoms with van der Waals surface area (Å²) < 4.78 is 0. The number of hydrogen-bond donors (Lipinski definition) is 1. The van der Waals surface area contributed by atoms with E-state index in [1.54, 1.807) is 0 Å². The van der Waals surface area contributed by atoms with Gasteiger partial charge in [0.25, 0.3) is 0 Å². The van der Waals surface area contributed by atoms with Crippen molar-refractivity contribution in [3.05, 3.63) is 180 Å². The molecule has 214 valence electrons. The van der Waals surface area contributed by atoms with Crippen LogP contribution in [0.15, 0.2) is 164 Å². The number of benzene rings is 6. The number of aromatic nitrogens is 3. The first kappa shape index (κ1) is 26.7. The van der Waals surface area contributed by atoms with Gasteiger partial charge in [0.05, 0.1) is 11.4 Å². The van der Waals surface area contributed by atoms with E-state index in [1.807, 2.05) is 127 Å². The summed E-state index contributed by atoms with van der Waals surface area (Å²) in [6.45, 7) is 0. The van der Waals surface area contributed by atoms with Crippen LogP contribution in [0.2, 0.25) is 0 Å². The van der Waals surface area contributed by atoms with Crippen molar-refractivity contribution in [2.75, 3.05) is 4.90 Å². The van der Waals surface area contributed by atoms with Gasteiger partial charge in [-0.15, -0.1) is 0 Å². The first-order valence-electron chi connectivity index (χ1n) is 14.9. The molecule has 6 aromatic carbocycles. The number of rotatable bonds is 5. The van der Waals surface area contributed by atoms with Crippen LogP contribution in [0.1, 0.15) is 16.7 Å². The molecule has 45 heavy (non-hydrogen) atoms. The van der Waals surface area contributed by atoms with Crippen LogP contribution in [-0.4, -0.2) is 20.1 Å². The molecular weight excluding hydrogens is 552 g/mol. The minimum absolute atomic E-state index is 0.604. The Kier molecular flexibility index (Phi) is 6.51. The van der Waals surface area contributed by atoms with E-state index < -0.39 is 5.60 Å². The standard InChI is InChI=1S/C40H28N4O/c45-40(31-18-8-3-9-19-31)33-20-10-12-22-35(33)44(36-23-13-11-21-34(36)40)32-26-24-30(25-27-32)39-42-37(28-14-4-1-5-15-28)41-38(43-39)29-16-6-2-7-17-29/h1-27,45H. The van der Waals surface area contributed by atoms with Gasteiger partial charge in [0.15, 0.2) is 17.5 Å². The number of nitrogens with zero attached hydrogens (tertiary/aromatic N) is 4.